The van der Waals surface area contributed by atoms with Gasteiger partial charge in [-0.3, -0.25) is 14.7 Å². The van der Waals surface area contributed by atoms with Gasteiger partial charge in [-0.1, -0.05) is 49.7 Å². The Morgan fingerprint density at radius 1 is 1.08 bits per heavy atom. The number of piperazine rings is 1. The second-order valence-corrected chi connectivity index (χ2v) is 9.92. The largest absolute Gasteiger partial charge is 0.507 e. The Bertz CT molecular complexity index is 1300. The number of nitrogens with zero attached hydrogens (tertiary/aromatic N) is 4. The molecule has 0 radical (unpaired) electrons. The van der Waals surface area contributed by atoms with Gasteiger partial charge in [0.1, 0.15) is 17.4 Å². The summed E-state index contributed by atoms with van der Waals surface area (Å²) in [7, 11) is 3.80. The summed E-state index contributed by atoms with van der Waals surface area (Å²) < 4.78 is 14.9. The van der Waals surface area contributed by atoms with Crippen LogP contribution in [0.1, 0.15) is 30.9 Å². The van der Waals surface area contributed by atoms with Gasteiger partial charge in [0.25, 0.3) is 0 Å². The predicted molar refractivity (Wildman–Crippen MR) is 149 cm³/mol. The minimum absolute atomic E-state index is 0.0159. The molecule has 1 saturated heterocycles. The number of aromatic hydroxyl groups is 1. The molecule has 0 aromatic heterocycles. The van der Waals surface area contributed by atoms with E-state index in [0.717, 1.165) is 38.2 Å². The maximum absolute atomic E-state index is 14.9. The Morgan fingerprint density at radius 2 is 1.78 bits per heavy atom. The Kier molecular flexibility index (Phi) is 8.15. The Morgan fingerprint density at radius 3 is 2.41 bits per heavy atom. The predicted octanol–water partition coefficient (Wildman–Crippen LogP) is 5.89. The van der Waals surface area contributed by atoms with Crippen molar-refractivity contribution in [3.63, 3.8) is 0 Å². The summed E-state index contributed by atoms with van der Waals surface area (Å²) in [6.45, 7) is 7.40. The molecule has 37 heavy (non-hydrogen) atoms. The molecule has 0 saturated carbocycles. The number of hydrogen-bond donors (Lipinski definition) is 1. The average molecular weight is 523 g/mol. The quantitative estimate of drug-likeness (QED) is 0.249. The number of aliphatic imine (C=N–C) groups is 1. The molecule has 1 N–H and O–H groups in total. The van der Waals surface area contributed by atoms with Crippen LogP contribution in [0.2, 0.25) is 5.02 Å². The minimum Gasteiger partial charge on any atom is -0.507 e. The third-order valence-electron chi connectivity index (χ3n) is 6.79. The van der Waals surface area contributed by atoms with Gasteiger partial charge in [-0.05, 0) is 48.9 Å². The molecule has 4 rings (SSSR count). The molecule has 1 heterocycles. The lowest BCUT2D eigenvalue weighted by atomic mass is 9.97. The second kappa shape index (κ2) is 11.3. The van der Waals surface area contributed by atoms with E-state index in [1.54, 1.807) is 24.1 Å². The number of halogens is 2. The molecule has 6 nitrogen and oxygen atoms in total. The maximum atomic E-state index is 14.9. The SMILES string of the molecule is C/N=C(\c1cc(Cl)c(-c2c(O)cccc2F)cc1N(C=O)c1ccccc1C(C)C)N1CCN(C)CC1. The van der Waals surface area contributed by atoms with E-state index in [-0.39, 0.29) is 22.3 Å². The number of amidine groups is 1. The lowest BCUT2D eigenvalue weighted by Gasteiger charge is -2.36. The van der Waals surface area contributed by atoms with E-state index in [2.05, 4.69) is 35.7 Å². The van der Waals surface area contributed by atoms with Crippen LogP contribution in [0.5, 0.6) is 5.75 Å². The van der Waals surface area contributed by atoms with Crippen molar-refractivity contribution in [2.75, 3.05) is 45.2 Å². The summed E-state index contributed by atoms with van der Waals surface area (Å²) in [6, 6.07) is 15.2. The molecule has 1 fully saturated rings. The van der Waals surface area contributed by atoms with Crippen molar-refractivity contribution < 1.29 is 14.3 Å². The molecule has 194 valence electrons. The third kappa shape index (κ3) is 5.33. The summed E-state index contributed by atoms with van der Waals surface area (Å²) in [5, 5.41) is 10.8. The van der Waals surface area contributed by atoms with Crippen molar-refractivity contribution in [3.05, 3.63) is 76.6 Å². The summed E-state index contributed by atoms with van der Waals surface area (Å²) in [5.74, 6) is 0.0122. The molecule has 3 aromatic rings. The van der Waals surface area contributed by atoms with Crippen molar-refractivity contribution in [2.24, 2.45) is 4.99 Å². The van der Waals surface area contributed by atoms with Crippen LogP contribution in [-0.2, 0) is 4.79 Å². The van der Waals surface area contributed by atoms with Crippen LogP contribution in [0.25, 0.3) is 11.1 Å². The van der Waals surface area contributed by atoms with Gasteiger partial charge in [-0.25, -0.2) is 4.39 Å². The molecule has 0 aliphatic carbocycles. The first-order chi connectivity index (χ1) is 17.8. The fraction of sp³-hybridized carbons (Fsp3) is 0.310. The number of phenols is 1. The van der Waals surface area contributed by atoms with Crippen molar-refractivity contribution >= 4 is 35.2 Å². The fourth-order valence-electron chi connectivity index (χ4n) is 4.80. The molecule has 3 aromatic carbocycles. The zero-order valence-corrected chi connectivity index (χ0v) is 22.3. The number of para-hydroxylation sites is 1. The minimum atomic E-state index is -0.607. The molecule has 8 heteroatoms. The highest BCUT2D eigenvalue weighted by Crippen LogP contribution is 2.42. The summed E-state index contributed by atoms with van der Waals surface area (Å²) in [4.78, 5) is 23.3. The molecule has 1 aliphatic rings. The van der Waals surface area contributed by atoms with Crippen molar-refractivity contribution in [2.45, 2.75) is 19.8 Å². The van der Waals surface area contributed by atoms with Gasteiger partial charge >= 0.3 is 0 Å². The molecule has 1 aliphatic heterocycles. The third-order valence-corrected chi connectivity index (χ3v) is 7.10. The Hall–Kier alpha value is -3.42. The molecular formula is C29H32ClFN4O2. The second-order valence-electron chi connectivity index (χ2n) is 9.51. The van der Waals surface area contributed by atoms with Gasteiger partial charge in [-0.15, -0.1) is 0 Å². The maximum Gasteiger partial charge on any atom is 0.218 e. The van der Waals surface area contributed by atoms with Gasteiger partial charge in [0.05, 0.1) is 16.9 Å². The molecule has 0 spiro atoms. The highest BCUT2D eigenvalue weighted by molar-refractivity contribution is 6.34. The number of phenolic OH excluding ortho intramolecular Hbond substituents is 1. The van der Waals surface area contributed by atoms with Crippen LogP contribution in [0.15, 0.2) is 59.6 Å². The molecule has 0 atom stereocenters. The van der Waals surface area contributed by atoms with E-state index >= 15 is 0 Å². The van der Waals surface area contributed by atoms with Crippen LogP contribution >= 0.6 is 11.6 Å². The first-order valence-electron chi connectivity index (χ1n) is 12.3. The van der Waals surface area contributed by atoms with Crippen LogP contribution in [-0.4, -0.2) is 67.4 Å². The molecule has 0 bridgehead atoms. The topological polar surface area (TPSA) is 59.4 Å². The first-order valence-corrected chi connectivity index (χ1v) is 12.7. The monoisotopic (exact) mass is 522 g/mol. The Labute approximate surface area is 222 Å². The highest BCUT2D eigenvalue weighted by atomic mass is 35.5. The van der Waals surface area contributed by atoms with Crippen LogP contribution in [0.4, 0.5) is 15.8 Å². The van der Waals surface area contributed by atoms with Gasteiger partial charge in [-0.2, -0.15) is 0 Å². The van der Waals surface area contributed by atoms with Gasteiger partial charge in [0.2, 0.25) is 6.41 Å². The van der Waals surface area contributed by atoms with E-state index in [4.69, 9.17) is 11.6 Å². The standard InChI is InChI=1S/C29H32ClFN4O2/c1-19(2)20-8-5-6-10-25(20)35(18-36)26-17-21(28-24(31)9-7-11-27(28)37)23(30)16-22(26)29(32-3)34-14-12-33(4)13-15-34/h5-11,16-19,37H,12-15H2,1-4H3/b32-29+. The van der Waals surface area contributed by atoms with Crippen LogP contribution in [0.3, 0.4) is 0 Å². The van der Waals surface area contributed by atoms with Gasteiger partial charge in [0, 0.05) is 49.4 Å². The zero-order chi connectivity index (χ0) is 26.7. The van der Waals surface area contributed by atoms with Gasteiger partial charge < -0.3 is 14.9 Å². The van der Waals surface area contributed by atoms with E-state index in [9.17, 15) is 14.3 Å². The van der Waals surface area contributed by atoms with Crippen LogP contribution < -0.4 is 4.90 Å². The van der Waals surface area contributed by atoms with E-state index in [1.807, 2.05) is 24.3 Å². The normalized spacial score (nSPS) is 14.8. The number of rotatable bonds is 6. The summed E-state index contributed by atoms with van der Waals surface area (Å²) in [5.41, 5.74) is 3.14. The number of benzene rings is 3. The fourth-order valence-corrected chi connectivity index (χ4v) is 5.06. The number of carbonyl (C=O) groups is 1. The lowest BCUT2D eigenvalue weighted by molar-refractivity contribution is -0.106. The summed E-state index contributed by atoms with van der Waals surface area (Å²) >= 11 is 6.75. The van der Waals surface area contributed by atoms with E-state index in [0.29, 0.717) is 28.3 Å². The first kappa shape index (κ1) is 26.6. The number of carbonyl (C=O) groups excluding carboxylic acids is 1. The number of likely N-dealkylation sites (N-methyl/N-ethyl adjacent to an activating group) is 1. The summed E-state index contributed by atoms with van der Waals surface area (Å²) in [6.07, 6.45) is 0.760. The lowest BCUT2D eigenvalue weighted by Crippen LogP contribution is -2.47. The Balaban J connectivity index is 1.98. The van der Waals surface area contributed by atoms with Crippen molar-refractivity contribution in [1.29, 1.82) is 0 Å². The van der Waals surface area contributed by atoms with Crippen molar-refractivity contribution in [3.8, 4) is 16.9 Å². The molecular weight excluding hydrogens is 491 g/mol. The molecule has 0 unspecified atom stereocenters. The average Bonchev–Trinajstić information content (AvgIpc) is 2.88. The highest BCUT2D eigenvalue weighted by Gasteiger charge is 2.27. The number of hydrogen-bond acceptors (Lipinski definition) is 4. The zero-order valence-electron chi connectivity index (χ0n) is 21.6. The van der Waals surface area contributed by atoms with Gasteiger partial charge in [0.15, 0.2) is 0 Å². The number of amides is 1. The molecule has 1 amide bonds. The number of anilines is 2. The van der Waals surface area contributed by atoms with E-state index < -0.39 is 5.82 Å². The van der Waals surface area contributed by atoms with Crippen LogP contribution in [0, 0.1) is 5.82 Å². The smallest absolute Gasteiger partial charge is 0.218 e. The van der Waals surface area contributed by atoms with E-state index in [1.165, 1.54) is 18.2 Å². The van der Waals surface area contributed by atoms with Crippen molar-refractivity contribution in [1.82, 2.24) is 9.80 Å².